The van der Waals surface area contributed by atoms with Crippen molar-refractivity contribution in [2.24, 2.45) is 0 Å². The maximum absolute atomic E-state index is 10.4. The van der Waals surface area contributed by atoms with Crippen molar-refractivity contribution in [2.75, 3.05) is 20.1 Å². The molecular weight excluding hydrogens is 222 g/mol. The second-order valence-electron chi connectivity index (χ2n) is 4.98. The Kier molecular flexibility index (Phi) is 3.24. The van der Waals surface area contributed by atoms with Gasteiger partial charge in [-0.25, -0.2) is 0 Å². The van der Waals surface area contributed by atoms with E-state index in [1.807, 2.05) is 32.2 Å². The molecule has 1 atom stereocenters. The van der Waals surface area contributed by atoms with E-state index in [0.717, 1.165) is 35.7 Å². The maximum Gasteiger partial charge on any atom is 0.0826 e. The van der Waals surface area contributed by atoms with E-state index in [4.69, 9.17) is 11.6 Å². The molecule has 1 saturated heterocycles. The Hall–Kier alpha value is -0.570. The summed E-state index contributed by atoms with van der Waals surface area (Å²) in [7, 11) is 2.04. The molecule has 3 heteroatoms. The molecule has 1 unspecified atom stereocenters. The van der Waals surface area contributed by atoms with Crippen molar-refractivity contribution < 1.29 is 5.11 Å². The van der Waals surface area contributed by atoms with E-state index >= 15 is 0 Å². The minimum Gasteiger partial charge on any atom is -0.388 e. The van der Waals surface area contributed by atoms with Gasteiger partial charge < -0.3 is 10.0 Å². The third kappa shape index (κ3) is 2.57. The first-order chi connectivity index (χ1) is 7.48. The van der Waals surface area contributed by atoms with Crippen molar-refractivity contribution in [1.29, 1.82) is 0 Å². The van der Waals surface area contributed by atoms with Crippen LogP contribution in [0.3, 0.4) is 0 Å². The normalized spacial score (nSPS) is 26.2. The zero-order valence-corrected chi connectivity index (χ0v) is 10.6. The number of nitrogens with zero attached hydrogens (tertiary/aromatic N) is 1. The van der Waals surface area contributed by atoms with Gasteiger partial charge in [-0.05, 0) is 37.6 Å². The lowest BCUT2D eigenvalue weighted by Gasteiger charge is -2.23. The molecule has 1 heterocycles. The fourth-order valence-electron chi connectivity index (χ4n) is 2.35. The van der Waals surface area contributed by atoms with Crippen LogP contribution in [0.5, 0.6) is 0 Å². The van der Waals surface area contributed by atoms with E-state index < -0.39 is 5.60 Å². The first-order valence-corrected chi connectivity index (χ1v) is 6.02. The third-order valence-electron chi connectivity index (χ3n) is 3.25. The van der Waals surface area contributed by atoms with Gasteiger partial charge in [0.1, 0.15) is 0 Å². The van der Waals surface area contributed by atoms with E-state index in [1.54, 1.807) is 0 Å². The monoisotopic (exact) mass is 239 g/mol. The number of aliphatic hydroxyl groups is 1. The summed E-state index contributed by atoms with van der Waals surface area (Å²) < 4.78 is 0. The van der Waals surface area contributed by atoms with Gasteiger partial charge in [0.15, 0.2) is 0 Å². The van der Waals surface area contributed by atoms with Crippen LogP contribution < -0.4 is 0 Å². The fourth-order valence-corrected chi connectivity index (χ4v) is 2.66. The maximum atomic E-state index is 10.4. The quantitative estimate of drug-likeness (QED) is 0.856. The lowest BCUT2D eigenvalue weighted by molar-refractivity contribution is 0.0524. The summed E-state index contributed by atoms with van der Waals surface area (Å²) in [4.78, 5) is 2.15. The highest BCUT2D eigenvalue weighted by molar-refractivity contribution is 6.31. The van der Waals surface area contributed by atoms with Gasteiger partial charge in [0.2, 0.25) is 0 Å². The van der Waals surface area contributed by atoms with Crippen LogP contribution in [0.25, 0.3) is 0 Å². The Morgan fingerprint density at radius 1 is 1.50 bits per heavy atom. The van der Waals surface area contributed by atoms with Gasteiger partial charge in [-0.2, -0.15) is 0 Å². The minimum absolute atomic E-state index is 0.604. The molecule has 1 fully saturated rings. The smallest absolute Gasteiger partial charge is 0.0826 e. The van der Waals surface area contributed by atoms with Crippen LogP contribution in [0.15, 0.2) is 18.2 Å². The molecule has 0 radical (unpaired) electrons. The Morgan fingerprint density at radius 2 is 2.25 bits per heavy atom. The van der Waals surface area contributed by atoms with Crippen LogP contribution in [-0.2, 0) is 6.42 Å². The van der Waals surface area contributed by atoms with E-state index in [2.05, 4.69) is 4.90 Å². The largest absolute Gasteiger partial charge is 0.388 e. The fraction of sp³-hybridized carbons (Fsp3) is 0.538. The minimum atomic E-state index is -0.604. The first-order valence-electron chi connectivity index (χ1n) is 5.64. The molecule has 1 N–H and O–H groups in total. The summed E-state index contributed by atoms with van der Waals surface area (Å²) in [6, 6.07) is 6.02. The Labute approximate surface area is 102 Å². The molecule has 1 aliphatic heterocycles. The predicted octanol–water partition coefficient (Wildman–Crippen LogP) is 2.26. The van der Waals surface area contributed by atoms with Crippen LogP contribution in [-0.4, -0.2) is 35.7 Å². The molecular formula is C13H18ClNO. The van der Waals surface area contributed by atoms with E-state index in [-0.39, 0.29) is 0 Å². The van der Waals surface area contributed by atoms with Gasteiger partial charge in [-0.1, -0.05) is 23.7 Å². The summed E-state index contributed by atoms with van der Waals surface area (Å²) in [5.41, 5.74) is 1.60. The molecule has 0 bridgehead atoms. The number of rotatable bonds is 2. The van der Waals surface area contributed by atoms with Gasteiger partial charge in [-0.15, -0.1) is 0 Å². The Bertz CT molecular complexity index is 394. The van der Waals surface area contributed by atoms with E-state index in [0.29, 0.717) is 6.42 Å². The SMILES string of the molecule is Cc1ccc(CC2(O)CCN(C)C2)c(Cl)c1. The van der Waals surface area contributed by atoms with Crippen molar-refractivity contribution >= 4 is 11.6 Å². The number of β-amino-alcohol motifs (C(OH)–C–C–N with tert-alkyl or cyclic N) is 1. The molecule has 2 nitrogen and oxygen atoms in total. The van der Waals surface area contributed by atoms with Crippen LogP contribution in [0.4, 0.5) is 0 Å². The van der Waals surface area contributed by atoms with Crippen molar-refractivity contribution in [1.82, 2.24) is 4.90 Å². The Balaban J connectivity index is 2.14. The standard InChI is InChI=1S/C13H18ClNO/c1-10-3-4-11(12(14)7-10)8-13(16)5-6-15(2)9-13/h3-4,7,16H,5-6,8-9H2,1-2H3. The topological polar surface area (TPSA) is 23.5 Å². The molecule has 16 heavy (non-hydrogen) atoms. The van der Waals surface area contributed by atoms with Crippen LogP contribution >= 0.6 is 11.6 Å². The molecule has 2 rings (SSSR count). The van der Waals surface area contributed by atoms with Crippen LogP contribution in [0, 0.1) is 6.92 Å². The van der Waals surface area contributed by atoms with Gasteiger partial charge in [0.25, 0.3) is 0 Å². The molecule has 0 saturated carbocycles. The molecule has 0 aliphatic carbocycles. The third-order valence-corrected chi connectivity index (χ3v) is 3.60. The van der Waals surface area contributed by atoms with Gasteiger partial charge >= 0.3 is 0 Å². The molecule has 0 aromatic heterocycles. The molecule has 0 amide bonds. The summed E-state index contributed by atoms with van der Waals surface area (Å²) >= 11 is 6.18. The molecule has 1 aromatic carbocycles. The number of benzene rings is 1. The second-order valence-corrected chi connectivity index (χ2v) is 5.39. The van der Waals surface area contributed by atoms with E-state index in [1.165, 1.54) is 0 Å². The summed E-state index contributed by atoms with van der Waals surface area (Å²) in [6.45, 7) is 3.71. The molecule has 88 valence electrons. The lowest BCUT2D eigenvalue weighted by atomic mass is 9.93. The highest BCUT2D eigenvalue weighted by atomic mass is 35.5. The second kappa shape index (κ2) is 4.36. The number of hydrogen-bond donors (Lipinski definition) is 1. The average Bonchev–Trinajstić information content (AvgIpc) is 2.52. The van der Waals surface area contributed by atoms with Gasteiger partial charge in [0, 0.05) is 24.5 Å². The van der Waals surface area contributed by atoms with Gasteiger partial charge in [-0.3, -0.25) is 0 Å². The highest BCUT2D eigenvalue weighted by Crippen LogP contribution is 2.28. The zero-order chi connectivity index (χ0) is 11.8. The zero-order valence-electron chi connectivity index (χ0n) is 9.83. The highest BCUT2D eigenvalue weighted by Gasteiger charge is 2.34. The number of halogens is 1. The number of likely N-dealkylation sites (N-methyl/N-ethyl adjacent to an activating group) is 1. The van der Waals surface area contributed by atoms with Crippen LogP contribution in [0.2, 0.25) is 5.02 Å². The summed E-state index contributed by atoms with van der Waals surface area (Å²) in [5, 5.41) is 11.2. The van der Waals surface area contributed by atoms with Crippen molar-refractivity contribution in [3.05, 3.63) is 34.3 Å². The van der Waals surface area contributed by atoms with E-state index in [9.17, 15) is 5.11 Å². The van der Waals surface area contributed by atoms with Crippen LogP contribution in [0.1, 0.15) is 17.5 Å². The number of hydrogen-bond acceptors (Lipinski definition) is 2. The van der Waals surface area contributed by atoms with Gasteiger partial charge in [0.05, 0.1) is 5.60 Å². The molecule has 1 aliphatic rings. The van der Waals surface area contributed by atoms with Crippen molar-refractivity contribution in [3.63, 3.8) is 0 Å². The van der Waals surface area contributed by atoms with Crippen molar-refractivity contribution in [2.45, 2.75) is 25.4 Å². The predicted molar refractivity (Wildman–Crippen MR) is 67.0 cm³/mol. The number of aryl methyl sites for hydroxylation is 1. The lowest BCUT2D eigenvalue weighted by Crippen LogP contribution is -2.34. The van der Waals surface area contributed by atoms with Crippen molar-refractivity contribution in [3.8, 4) is 0 Å². The Morgan fingerprint density at radius 3 is 2.81 bits per heavy atom. The molecule has 1 aromatic rings. The molecule has 0 spiro atoms. The summed E-state index contributed by atoms with van der Waals surface area (Å²) in [6.07, 6.45) is 1.48. The first kappa shape index (κ1) is 11.9. The summed E-state index contributed by atoms with van der Waals surface area (Å²) in [5.74, 6) is 0. The number of likely N-dealkylation sites (tertiary alicyclic amines) is 1. The average molecular weight is 240 g/mol.